The lowest BCUT2D eigenvalue weighted by atomic mass is 10.2. The Bertz CT molecular complexity index is 1130. The van der Waals surface area contributed by atoms with E-state index < -0.39 is 0 Å². The molecular formula is C21H16IN5O2. The summed E-state index contributed by atoms with van der Waals surface area (Å²) < 4.78 is 8.72. The smallest absolute Gasteiger partial charge is 0.255 e. The van der Waals surface area contributed by atoms with Crippen LogP contribution in [-0.4, -0.2) is 25.4 Å². The molecule has 0 bridgehead atoms. The number of hydrogen-bond acceptors (Lipinski definition) is 5. The second kappa shape index (κ2) is 8.39. The van der Waals surface area contributed by atoms with Gasteiger partial charge in [0, 0.05) is 33.3 Å². The third kappa shape index (κ3) is 4.77. The first-order chi connectivity index (χ1) is 14.1. The van der Waals surface area contributed by atoms with E-state index >= 15 is 0 Å². The van der Waals surface area contributed by atoms with Crippen LogP contribution in [0.5, 0.6) is 11.6 Å². The predicted molar refractivity (Wildman–Crippen MR) is 118 cm³/mol. The zero-order chi connectivity index (χ0) is 20.2. The van der Waals surface area contributed by atoms with Gasteiger partial charge in [0.05, 0.1) is 0 Å². The number of carbonyl (C=O) groups is 1. The Morgan fingerprint density at radius 1 is 1.07 bits per heavy atom. The lowest BCUT2D eigenvalue weighted by molar-refractivity contribution is 0.102. The van der Waals surface area contributed by atoms with E-state index in [1.165, 1.54) is 0 Å². The van der Waals surface area contributed by atoms with Crippen LogP contribution in [0.1, 0.15) is 16.2 Å². The number of aromatic nitrogens is 4. The maximum atomic E-state index is 12.3. The molecule has 2 aromatic carbocycles. The number of ether oxygens (including phenoxy) is 1. The van der Waals surface area contributed by atoms with Crippen molar-refractivity contribution in [2.24, 2.45) is 0 Å². The van der Waals surface area contributed by atoms with E-state index in [2.05, 4.69) is 42.9 Å². The summed E-state index contributed by atoms with van der Waals surface area (Å²) >= 11 is 2.20. The van der Waals surface area contributed by atoms with Gasteiger partial charge in [0.15, 0.2) is 0 Å². The van der Waals surface area contributed by atoms with Gasteiger partial charge in [-0.1, -0.05) is 0 Å². The molecule has 7 nitrogen and oxygen atoms in total. The van der Waals surface area contributed by atoms with Crippen LogP contribution < -0.4 is 10.1 Å². The SMILES string of the molecule is Cc1nc(Oc2ccc(NC(=O)c3ccc(I)cc3)cc2)cc(-n2ccnc2)n1. The van der Waals surface area contributed by atoms with Crippen molar-refractivity contribution < 1.29 is 9.53 Å². The van der Waals surface area contributed by atoms with Crippen LogP contribution in [-0.2, 0) is 0 Å². The molecule has 4 rings (SSSR count). The van der Waals surface area contributed by atoms with E-state index in [4.69, 9.17) is 4.74 Å². The normalized spacial score (nSPS) is 10.6. The monoisotopic (exact) mass is 497 g/mol. The van der Waals surface area contributed by atoms with Gasteiger partial charge in [-0.2, -0.15) is 4.98 Å². The molecule has 1 amide bonds. The van der Waals surface area contributed by atoms with Gasteiger partial charge in [0.25, 0.3) is 5.91 Å². The molecule has 0 atom stereocenters. The number of hydrogen-bond donors (Lipinski definition) is 1. The van der Waals surface area contributed by atoms with Crippen molar-refractivity contribution in [3.8, 4) is 17.4 Å². The summed E-state index contributed by atoms with van der Waals surface area (Å²) in [7, 11) is 0. The Morgan fingerprint density at radius 2 is 1.83 bits per heavy atom. The molecule has 0 aliphatic rings. The Labute approximate surface area is 180 Å². The number of halogens is 1. The van der Waals surface area contributed by atoms with Gasteiger partial charge >= 0.3 is 0 Å². The zero-order valence-electron chi connectivity index (χ0n) is 15.4. The molecule has 0 radical (unpaired) electrons. The summed E-state index contributed by atoms with van der Waals surface area (Å²) in [5.74, 6) is 2.13. The fraction of sp³-hybridized carbons (Fsp3) is 0.0476. The highest BCUT2D eigenvalue weighted by molar-refractivity contribution is 14.1. The Hall–Kier alpha value is -3.27. The first-order valence-corrected chi connectivity index (χ1v) is 9.83. The topological polar surface area (TPSA) is 81.9 Å². The molecule has 0 aliphatic heterocycles. The van der Waals surface area contributed by atoms with Gasteiger partial charge in [0.1, 0.15) is 23.7 Å². The fourth-order valence-corrected chi connectivity index (χ4v) is 3.00. The highest BCUT2D eigenvalue weighted by Crippen LogP contribution is 2.23. The Balaban J connectivity index is 1.46. The van der Waals surface area contributed by atoms with Crippen molar-refractivity contribution in [3.05, 3.63) is 88.3 Å². The van der Waals surface area contributed by atoms with Gasteiger partial charge in [0.2, 0.25) is 5.88 Å². The molecule has 1 N–H and O–H groups in total. The largest absolute Gasteiger partial charge is 0.439 e. The molecule has 8 heteroatoms. The quantitative estimate of drug-likeness (QED) is 0.407. The molecule has 0 saturated carbocycles. The van der Waals surface area contributed by atoms with Crippen LogP contribution in [0.15, 0.2) is 73.3 Å². The number of aryl methyl sites for hydroxylation is 1. The Morgan fingerprint density at radius 3 is 2.52 bits per heavy atom. The maximum absolute atomic E-state index is 12.3. The summed E-state index contributed by atoms with van der Waals surface area (Å²) in [5, 5.41) is 2.87. The molecule has 29 heavy (non-hydrogen) atoms. The van der Waals surface area contributed by atoms with Crippen LogP contribution in [0.25, 0.3) is 5.82 Å². The third-order valence-electron chi connectivity index (χ3n) is 4.01. The van der Waals surface area contributed by atoms with Crippen molar-refractivity contribution >= 4 is 34.2 Å². The highest BCUT2D eigenvalue weighted by atomic mass is 127. The standard InChI is InChI=1S/C21H16IN5O2/c1-14-24-19(27-11-10-23-13-27)12-20(25-14)29-18-8-6-17(7-9-18)26-21(28)15-2-4-16(22)5-3-15/h2-13H,1H3,(H,26,28). The summed E-state index contributed by atoms with van der Waals surface area (Å²) in [4.78, 5) is 25.0. The minimum Gasteiger partial charge on any atom is -0.439 e. The molecule has 0 unspecified atom stereocenters. The minimum atomic E-state index is -0.161. The lowest BCUT2D eigenvalue weighted by Crippen LogP contribution is -2.11. The van der Waals surface area contributed by atoms with Crippen LogP contribution >= 0.6 is 22.6 Å². The number of nitrogens with zero attached hydrogens (tertiary/aromatic N) is 4. The highest BCUT2D eigenvalue weighted by Gasteiger charge is 2.08. The third-order valence-corrected chi connectivity index (χ3v) is 4.73. The van der Waals surface area contributed by atoms with Gasteiger partial charge in [-0.15, -0.1) is 0 Å². The number of imidazole rings is 1. The van der Waals surface area contributed by atoms with Gasteiger partial charge in [-0.3, -0.25) is 9.36 Å². The Kier molecular flexibility index (Phi) is 5.52. The average molecular weight is 497 g/mol. The second-order valence-corrected chi connectivity index (χ2v) is 7.41. The molecule has 0 aliphatic carbocycles. The summed E-state index contributed by atoms with van der Waals surface area (Å²) in [6, 6.07) is 16.2. The number of amides is 1. The van der Waals surface area contributed by atoms with Crippen molar-refractivity contribution in [3.63, 3.8) is 0 Å². The van der Waals surface area contributed by atoms with Crippen molar-refractivity contribution in [2.75, 3.05) is 5.32 Å². The molecule has 4 aromatic rings. The molecule has 0 spiro atoms. The van der Waals surface area contributed by atoms with Crippen LogP contribution in [0.4, 0.5) is 5.69 Å². The molecular weight excluding hydrogens is 481 g/mol. The number of anilines is 1. The molecule has 144 valence electrons. The van der Waals surface area contributed by atoms with E-state index in [1.54, 1.807) is 72.7 Å². The minimum absolute atomic E-state index is 0.161. The summed E-state index contributed by atoms with van der Waals surface area (Å²) in [5.41, 5.74) is 1.29. The summed E-state index contributed by atoms with van der Waals surface area (Å²) in [6.07, 6.45) is 5.15. The average Bonchev–Trinajstić information content (AvgIpc) is 3.24. The van der Waals surface area contributed by atoms with Gasteiger partial charge in [-0.05, 0) is 78.0 Å². The van der Waals surface area contributed by atoms with Crippen molar-refractivity contribution in [1.29, 1.82) is 0 Å². The lowest BCUT2D eigenvalue weighted by Gasteiger charge is -2.09. The predicted octanol–water partition coefficient (Wildman–Crippen LogP) is 4.62. The van der Waals surface area contributed by atoms with E-state index in [0.29, 0.717) is 34.5 Å². The fourth-order valence-electron chi connectivity index (χ4n) is 2.64. The van der Waals surface area contributed by atoms with Crippen LogP contribution in [0.2, 0.25) is 0 Å². The van der Waals surface area contributed by atoms with Crippen LogP contribution in [0.3, 0.4) is 0 Å². The maximum Gasteiger partial charge on any atom is 0.255 e. The van der Waals surface area contributed by atoms with Gasteiger partial charge < -0.3 is 10.1 Å². The zero-order valence-corrected chi connectivity index (χ0v) is 17.6. The number of rotatable bonds is 5. The van der Waals surface area contributed by atoms with Crippen molar-refractivity contribution in [2.45, 2.75) is 6.92 Å². The van der Waals surface area contributed by atoms with Crippen molar-refractivity contribution in [1.82, 2.24) is 19.5 Å². The number of carbonyl (C=O) groups excluding carboxylic acids is 1. The molecule has 2 aromatic heterocycles. The van der Waals surface area contributed by atoms with E-state index in [1.807, 2.05) is 12.1 Å². The first-order valence-electron chi connectivity index (χ1n) is 8.76. The van der Waals surface area contributed by atoms with Gasteiger partial charge in [-0.25, -0.2) is 9.97 Å². The summed E-state index contributed by atoms with van der Waals surface area (Å²) in [6.45, 7) is 1.80. The van der Waals surface area contributed by atoms with E-state index in [-0.39, 0.29) is 5.91 Å². The number of nitrogens with one attached hydrogen (secondary N) is 1. The van der Waals surface area contributed by atoms with Crippen LogP contribution in [0, 0.1) is 10.5 Å². The second-order valence-electron chi connectivity index (χ2n) is 6.17. The first kappa shape index (κ1) is 19.1. The number of benzene rings is 2. The van der Waals surface area contributed by atoms with E-state index in [9.17, 15) is 4.79 Å². The molecule has 0 saturated heterocycles. The molecule has 2 heterocycles. The van der Waals surface area contributed by atoms with E-state index in [0.717, 1.165) is 3.57 Å². The molecule has 0 fully saturated rings.